The quantitative estimate of drug-likeness (QED) is 0.734. The molecule has 3 aliphatic rings. The van der Waals surface area contributed by atoms with Crippen LogP contribution in [-0.2, 0) is 4.79 Å². The van der Waals surface area contributed by atoms with Gasteiger partial charge in [-0.1, -0.05) is 30.6 Å². The molecule has 0 spiro atoms. The van der Waals surface area contributed by atoms with E-state index in [4.69, 9.17) is 0 Å². The fraction of sp³-hybridized carbons (Fsp3) is 0.652. The summed E-state index contributed by atoms with van der Waals surface area (Å²) in [7, 11) is 0. The van der Waals surface area contributed by atoms with Crippen LogP contribution in [-0.4, -0.2) is 66.0 Å². The SMILES string of the molecule is O=C(C1CCN(c2nc3ccc(F)cc3s2)CC1)N1CCN(C2CCCCC2)CC1. The number of piperazine rings is 1. The lowest BCUT2D eigenvalue weighted by molar-refractivity contribution is -0.138. The van der Waals surface area contributed by atoms with Crippen molar-refractivity contribution in [1.29, 1.82) is 0 Å². The smallest absolute Gasteiger partial charge is 0.225 e. The summed E-state index contributed by atoms with van der Waals surface area (Å²) >= 11 is 1.54. The van der Waals surface area contributed by atoms with Gasteiger partial charge in [-0.25, -0.2) is 9.37 Å². The molecule has 0 bridgehead atoms. The normalized spacial score (nSPS) is 22.7. The molecule has 2 saturated heterocycles. The van der Waals surface area contributed by atoms with Crippen LogP contribution in [0, 0.1) is 11.7 Å². The molecular formula is C23H31FN4OS. The number of carbonyl (C=O) groups excluding carboxylic acids is 1. The van der Waals surface area contributed by atoms with Gasteiger partial charge in [-0.3, -0.25) is 9.69 Å². The molecule has 0 atom stereocenters. The Hall–Kier alpha value is -1.73. The van der Waals surface area contributed by atoms with Gasteiger partial charge in [-0.2, -0.15) is 0 Å². The standard InChI is InChI=1S/C23H31FN4OS/c24-18-6-7-20-21(16-18)30-23(25-20)28-10-8-17(9-11-28)22(29)27-14-12-26(13-15-27)19-4-2-1-3-5-19/h6-7,16-17,19H,1-5,8-15H2. The van der Waals surface area contributed by atoms with Gasteiger partial charge in [0.25, 0.3) is 0 Å². The zero-order valence-electron chi connectivity index (χ0n) is 17.6. The largest absolute Gasteiger partial charge is 0.348 e. The molecule has 1 aromatic heterocycles. The summed E-state index contributed by atoms with van der Waals surface area (Å²) in [6.45, 7) is 5.55. The van der Waals surface area contributed by atoms with E-state index in [2.05, 4.69) is 19.7 Å². The molecule has 5 rings (SSSR count). The van der Waals surface area contributed by atoms with Crippen LogP contribution in [0.15, 0.2) is 18.2 Å². The average molecular weight is 431 g/mol. The van der Waals surface area contributed by atoms with Crippen LogP contribution in [0.1, 0.15) is 44.9 Å². The molecule has 162 valence electrons. The van der Waals surface area contributed by atoms with Crippen molar-refractivity contribution in [1.82, 2.24) is 14.8 Å². The van der Waals surface area contributed by atoms with Crippen LogP contribution in [0.5, 0.6) is 0 Å². The second-order valence-corrected chi connectivity index (χ2v) is 10.0. The molecule has 1 amide bonds. The van der Waals surface area contributed by atoms with Crippen molar-refractivity contribution < 1.29 is 9.18 Å². The molecule has 1 aliphatic carbocycles. The number of piperidine rings is 1. The van der Waals surface area contributed by atoms with E-state index in [1.165, 1.54) is 38.2 Å². The summed E-state index contributed by atoms with van der Waals surface area (Å²) < 4.78 is 14.3. The van der Waals surface area contributed by atoms with Crippen molar-refractivity contribution in [2.45, 2.75) is 51.0 Å². The Bertz CT molecular complexity index is 880. The summed E-state index contributed by atoms with van der Waals surface area (Å²) in [5.74, 6) is 0.268. The van der Waals surface area contributed by atoms with E-state index in [-0.39, 0.29) is 11.7 Å². The molecule has 30 heavy (non-hydrogen) atoms. The summed E-state index contributed by atoms with van der Waals surface area (Å²) in [5, 5.41) is 0.947. The minimum Gasteiger partial charge on any atom is -0.348 e. The maximum absolute atomic E-state index is 13.5. The molecule has 5 nitrogen and oxygen atoms in total. The lowest BCUT2D eigenvalue weighted by atomic mass is 9.93. The monoisotopic (exact) mass is 430 g/mol. The molecule has 0 radical (unpaired) electrons. The van der Waals surface area contributed by atoms with Gasteiger partial charge in [0.15, 0.2) is 5.13 Å². The first kappa shape index (κ1) is 20.2. The summed E-state index contributed by atoms with van der Waals surface area (Å²) in [4.78, 5) is 24.8. The van der Waals surface area contributed by atoms with E-state index in [1.807, 2.05) is 0 Å². The maximum Gasteiger partial charge on any atom is 0.225 e. The van der Waals surface area contributed by atoms with Gasteiger partial charge >= 0.3 is 0 Å². The number of rotatable bonds is 3. The Kier molecular flexibility index (Phi) is 5.92. The van der Waals surface area contributed by atoms with Crippen molar-refractivity contribution in [3.05, 3.63) is 24.0 Å². The first-order valence-electron chi connectivity index (χ1n) is 11.5. The van der Waals surface area contributed by atoms with Gasteiger partial charge in [0, 0.05) is 51.2 Å². The van der Waals surface area contributed by atoms with Gasteiger partial charge in [-0.05, 0) is 43.9 Å². The van der Waals surface area contributed by atoms with Crippen molar-refractivity contribution in [2.24, 2.45) is 5.92 Å². The topological polar surface area (TPSA) is 39.7 Å². The van der Waals surface area contributed by atoms with Crippen LogP contribution in [0.3, 0.4) is 0 Å². The number of anilines is 1. The predicted octanol–water partition coefficient (Wildman–Crippen LogP) is 4.13. The highest BCUT2D eigenvalue weighted by molar-refractivity contribution is 7.22. The van der Waals surface area contributed by atoms with Gasteiger partial charge in [0.05, 0.1) is 10.2 Å². The van der Waals surface area contributed by atoms with Gasteiger partial charge < -0.3 is 9.80 Å². The second-order valence-electron chi connectivity index (χ2n) is 9.02. The Labute approximate surface area is 181 Å². The lowest BCUT2D eigenvalue weighted by Gasteiger charge is -2.42. The third kappa shape index (κ3) is 4.19. The third-order valence-electron chi connectivity index (χ3n) is 7.17. The number of hydrogen-bond donors (Lipinski definition) is 0. The first-order valence-corrected chi connectivity index (χ1v) is 12.3. The number of halogens is 1. The minimum absolute atomic E-state index is 0.134. The van der Waals surface area contributed by atoms with Crippen LogP contribution < -0.4 is 4.90 Å². The number of carbonyl (C=O) groups is 1. The summed E-state index contributed by atoms with van der Waals surface area (Å²) in [6, 6.07) is 5.51. The van der Waals surface area contributed by atoms with Gasteiger partial charge in [0.2, 0.25) is 5.91 Å². The number of thiazole rings is 1. The molecule has 1 saturated carbocycles. The Morgan fingerprint density at radius 1 is 0.967 bits per heavy atom. The number of fused-ring (bicyclic) bond motifs is 1. The molecule has 2 aliphatic heterocycles. The Balaban J connectivity index is 1.13. The molecule has 0 N–H and O–H groups in total. The van der Waals surface area contributed by atoms with Crippen LogP contribution in [0.4, 0.5) is 9.52 Å². The number of amides is 1. The molecule has 2 aromatic rings. The fourth-order valence-electron chi connectivity index (χ4n) is 5.35. The number of benzene rings is 1. The van der Waals surface area contributed by atoms with Crippen molar-refractivity contribution in [3.63, 3.8) is 0 Å². The van der Waals surface area contributed by atoms with Crippen molar-refractivity contribution in [2.75, 3.05) is 44.2 Å². The molecule has 7 heteroatoms. The minimum atomic E-state index is -0.217. The maximum atomic E-state index is 13.5. The highest BCUT2D eigenvalue weighted by Crippen LogP contribution is 2.32. The molecule has 3 heterocycles. The first-order chi connectivity index (χ1) is 14.7. The summed E-state index contributed by atoms with van der Waals surface area (Å²) in [6.07, 6.45) is 8.56. The molecular weight excluding hydrogens is 399 g/mol. The highest BCUT2D eigenvalue weighted by Gasteiger charge is 2.32. The number of aromatic nitrogens is 1. The average Bonchev–Trinajstić information content (AvgIpc) is 3.23. The van der Waals surface area contributed by atoms with Crippen molar-refractivity contribution >= 4 is 32.6 Å². The van der Waals surface area contributed by atoms with E-state index in [9.17, 15) is 9.18 Å². The second kappa shape index (κ2) is 8.79. The van der Waals surface area contributed by atoms with E-state index >= 15 is 0 Å². The van der Waals surface area contributed by atoms with E-state index < -0.39 is 0 Å². The van der Waals surface area contributed by atoms with E-state index in [0.717, 1.165) is 73.5 Å². The zero-order chi connectivity index (χ0) is 20.5. The van der Waals surface area contributed by atoms with Crippen LogP contribution >= 0.6 is 11.3 Å². The highest BCUT2D eigenvalue weighted by atomic mass is 32.1. The third-order valence-corrected chi connectivity index (χ3v) is 8.25. The van der Waals surface area contributed by atoms with E-state index in [1.54, 1.807) is 23.5 Å². The lowest BCUT2D eigenvalue weighted by Crippen LogP contribution is -2.54. The summed E-state index contributed by atoms with van der Waals surface area (Å²) in [5.41, 5.74) is 0.852. The van der Waals surface area contributed by atoms with Gasteiger partial charge in [0.1, 0.15) is 5.82 Å². The Morgan fingerprint density at radius 2 is 1.70 bits per heavy atom. The molecule has 3 fully saturated rings. The molecule has 0 unspecified atom stereocenters. The fourth-order valence-corrected chi connectivity index (χ4v) is 6.39. The number of nitrogens with zero attached hydrogens (tertiary/aromatic N) is 4. The Morgan fingerprint density at radius 3 is 2.43 bits per heavy atom. The van der Waals surface area contributed by atoms with Crippen molar-refractivity contribution in [3.8, 4) is 0 Å². The predicted molar refractivity (Wildman–Crippen MR) is 120 cm³/mol. The van der Waals surface area contributed by atoms with E-state index in [0.29, 0.717) is 5.91 Å². The number of hydrogen-bond acceptors (Lipinski definition) is 5. The van der Waals surface area contributed by atoms with Gasteiger partial charge in [-0.15, -0.1) is 0 Å². The zero-order valence-corrected chi connectivity index (χ0v) is 18.4. The van der Waals surface area contributed by atoms with Crippen LogP contribution in [0.25, 0.3) is 10.2 Å². The van der Waals surface area contributed by atoms with Crippen LogP contribution in [0.2, 0.25) is 0 Å². The molecule has 1 aromatic carbocycles.